The van der Waals surface area contributed by atoms with Gasteiger partial charge in [-0.1, -0.05) is 0 Å². The van der Waals surface area contributed by atoms with E-state index in [1.165, 1.54) is 37.4 Å². The van der Waals surface area contributed by atoms with E-state index in [9.17, 15) is 14.0 Å². The molecule has 2 aromatic heterocycles. The minimum absolute atomic E-state index is 0.0738. The fraction of sp³-hybridized carbons (Fsp3) is 0.111. The highest BCUT2D eigenvalue weighted by molar-refractivity contribution is 7.12. The minimum atomic E-state index is -0.525. The lowest BCUT2D eigenvalue weighted by Crippen LogP contribution is -2.13. The smallest absolute Gasteiger partial charge is 0.350 e. The number of anilines is 1. The molecule has 2 heterocycles. The van der Waals surface area contributed by atoms with E-state index in [1.807, 2.05) is 0 Å². The Morgan fingerprint density at radius 1 is 1.15 bits per heavy atom. The monoisotopic (exact) mass is 375 g/mol. The van der Waals surface area contributed by atoms with E-state index in [2.05, 4.69) is 10.1 Å². The molecule has 1 amide bonds. The fourth-order valence-corrected chi connectivity index (χ4v) is 2.87. The normalized spacial score (nSPS) is 10.4. The molecule has 6 nitrogen and oxygen atoms in total. The van der Waals surface area contributed by atoms with Crippen molar-refractivity contribution in [3.63, 3.8) is 0 Å². The molecule has 1 aromatic carbocycles. The Labute approximate surface area is 152 Å². The maximum Gasteiger partial charge on any atom is 0.350 e. The number of esters is 1. The van der Waals surface area contributed by atoms with Gasteiger partial charge in [-0.05, 0) is 47.8 Å². The summed E-state index contributed by atoms with van der Waals surface area (Å²) in [6, 6.07) is 10.3. The predicted molar refractivity (Wildman–Crippen MR) is 93.1 cm³/mol. The highest BCUT2D eigenvalue weighted by Gasteiger charge is 2.18. The largest absolute Gasteiger partial charge is 0.486 e. The molecule has 3 aromatic rings. The molecular formula is C18H14FNO5S. The van der Waals surface area contributed by atoms with Crippen LogP contribution in [0.3, 0.4) is 0 Å². The molecule has 0 aliphatic heterocycles. The molecule has 0 aliphatic rings. The number of ether oxygens (including phenoxy) is 2. The highest BCUT2D eigenvalue weighted by atomic mass is 32.1. The first kappa shape index (κ1) is 17.7. The van der Waals surface area contributed by atoms with Gasteiger partial charge in [-0.2, -0.15) is 0 Å². The zero-order valence-corrected chi connectivity index (χ0v) is 14.5. The maximum absolute atomic E-state index is 12.9. The summed E-state index contributed by atoms with van der Waals surface area (Å²) in [4.78, 5) is 24.2. The van der Waals surface area contributed by atoms with Gasteiger partial charge in [0.2, 0.25) is 0 Å². The van der Waals surface area contributed by atoms with Crippen LogP contribution in [0.15, 0.2) is 52.3 Å². The van der Waals surface area contributed by atoms with Crippen LogP contribution in [0.1, 0.15) is 26.0 Å². The van der Waals surface area contributed by atoms with E-state index in [4.69, 9.17) is 9.15 Å². The summed E-state index contributed by atoms with van der Waals surface area (Å²) in [5.41, 5.74) is 0.354. The number of rotatable bonds is 6. The topological polar surface area (TPSA) is 77.8 Å². The first-order chi connectivity index (χ1) is 12.6. The zero-order valence-electron chi connectivity index (χ0n) is 13.7. The number of furan rings is 1. The molecular weight excluding hydrogens is 361 g/mol. The van der Waals surface area contributed by atoms with Crippen molar-refractivity contribution >= 4 is 28.9 Å². The number of amides is 1. The molecule has 0 aliphatic carbocycles. The third-order valence-electron chi connectivity index (χ3n) is 3.36. The van der Waals surface area contributed by atoms with Crippen LogP contribution in [-0.4, -0.2) is 19.0 Å². The van der Waals surface area contributed by atoms with E-state index >= 15 is 0 Å². The van der Waals surface area contributed by atoms with E-state index < -0.39 is 11.9 Å². The third kappa shape index (κ3) is 4.09. The zero-order chi connectivity index (χ0) is 18.5. The summed E-state index contributed by atoms with van der Waals surface area (Å²) in [5.74, 6) is -0.392. The van der Waals surface area contributed by atoms with E-state index in [-0.39, 0.29) is 18.2 Å². The Kier molecular flexibility index (Phi) is 5.33. The van der Waals surface area contributed by atoms with Gasteiger partial charge < -0.3 is 19.2 Å². The number of methoxy groups -OCH3 is 1. The first-order valence-corrected chi connectivity index (χ1v) is 8.39. The van der Waals surface area contributed by atoms with Crippen molar-refractivity contribution in [1.29, 1.82) is 0 Å². The number of hydrogen-bond acceptors (Lipinski definition) is 6. The summed E-state index contributed by atoms with van der Waals surface area (Å²) in [6.07, 6.45) is 0. The van der Waals surface area contributed by atoms with E-state index in [0.29, 0.717) is 22.1 Å². The van der Waals surface area contributed by atoms with Crippen LogP contribution in [0.25, 0.3) is 0 Å². The minimum Gasteiger partial charge on any atom is -0.486 e. The van der Waals surface area contributed by atoms with Crippen molar-refractivity contribution in [2.45, 2.75) is 6.61 Å². The summed E-state index contributed by atoms with van der Waals surface area (Å²) in [7, 11) is 1.27. The van der Waals surface area contributed by atoms with Crippen molar-refractivity contribution in [1.82, 2.24) is 0 Å². The van der Waals surface area contributed by atoms with Gasteiger partial charge in [0.1, 0.15) is 28.8 Å². The lowest BCUT2D eigenvalue weighted by atomic mass is 10.3. The van der Waals surface area contributed by atoms with E-state index in [1.54, 1.807) is 17.5 Å². The van der Waals surface area contributed by atoms with Crippen molar-refractivity contribution in [2.24, 2.45) is 0 Å². The van der Waals surface area contributed by atoms with Crippen LogP contribution in [0.2, 0.25) is 0 Å². The number of carbonyl (C=O) groups excluding carboxylic acids is 2. The molecule has 0 radical (unpaired) electrons. The molecule has 26 heavy (non-hydrogen) atoms. The molecule has 0 saturated carbocycles. The standard InChI is InChI=1S/C18H14FNO5S/c1-23-18(22)16-14(8-9-26-16)20-17(21)15-7-6-13(25-15)10-24-12-4-2-11(19)3-5-12/h2-9H,10H2,1H3,(H,20,21). The molecule has 0 atom stereocenters. The molecule has 0 unspecified atom stereocenters. The Hall–Kier alpha value is -3.13. The van der Waals surface area contributed by atoms with Crippen molar-refractivity contribution in [3.05, 3.63) is 70.1 Å². The van der Waals surface area contributed by atoms with Crippen LogP contribution < -0.4 is 10.1 Å². The van der Waals surface area contributed by atoms with Gasteiger partial charge in [0, 0.05) is 0 Å². The molecule has 134 valence electrons. The molecule has 8 heteroatoms. The molecule has 3 rings (SSSR count). The second-order valence-electron chi connectivity index (χ2n) is 5.12. The Morgan fingerprint density at radius 3 is 2.65 bits per heavy atom. The first-order valence-electron chi connectivity index (χ1n) is 7.51. The summed E-state index contributed by atoms with van der Waals surface area (Å²) >= 11 is 1.16. The van der Waals surface area contributed by atoms with Crippen LogP contribution in [0.4, 0.5) is 10.1 Å². The quantitative estimate of drug-likeness (QED) is 0.657. The van der Waals surface area contributed by atoms with Gasteiger partial charge in [-0.25, -0.2) is 9.18 Å². The number of halogens is 1. The van der Waals surface area contributed by atoms with Crippen LogP contribution in [0, 0.1) is 5.82 Å². The second kappa shape index (κ2) is 7.83. The molecule has 0 spiro atoms. The molecule has 0 saturated heterocycles. The average molecular weight is 375 g/mol. The Balaban J connectivity index is 1.62. The maximum atomic E-state index is 12.9. The average Bonchev–Trinajstić information content (AvgIpc) is 3.30. The van der Waals surface area contributed by atoms with Gasteiger partial charge in [0.25, 0.3) is 5.91 Å². The van der Waals surface area contributed by atoms with Gasteiger partial charge in [-0.15, -0.1) is 11.3 Å². The number of thiophene rings is 1. The summed E-state index contributed by atoms with van der Waals surface area (Å²) in [5, 5.41) is 4.28. The Morgan fingerprint density at radius 2 is 1.92 bits per heavy atom. The van der Waals surface area contributed by atoms with Crippen molar-refractivity contribution in [2.75, 3.05) is 12.4 Å². The van der Waals surface area contributed by atoms with Crippen molar-refractivity contribution in [3.8, 4) is 5.75 Å². The van der Waals surface area contributed by atoms with E-state index in [0.717, 1.165) is 11.3 Å². The molecule has 1 N–H and O–H groups in total. The predicted octanol–water partition coefficient (Wildman–Crippen LogP) is 4.10. The van der Waals surface area contributed by atoms with Crippen LogP contribution in [0.5, 0.6) is 5.75 Å². The molecule has 0 fully saturated rings. The van der Waals surface area contributed by atoms with Crippen LogP contribution in [-0.2, 0) is 11.3 Å². The van der Waals surface area contributed by atoms with Gasteiger partial charge in [0.15, 0.2) is 5.76 Å². The lowest BCUT2D eigenvalue weighted by molar-refractivity contribution is 0.0607. The number of benzene rings is 1. The van der Waals surface area contributed by atoms with Crippen molar-refractivity contribution < 1.29 is 27.9 Å². The Bertz CT molecular complexity index is 916. The van der Waals surface area contributed by atoms with Gasteiger partial charge >= 0.3 is 5.97 Å². The van der Waals surface area contributed by atoms with Crippen LogP contribution >= 0.6 is 11.3 Å². The fourth-order valence-electron chi connectivity index (χ4n) is 2.11. The number of nitrogens with one attached hydrogen (secondary N) is 1. The summed E-state index contributed by atoms with van der Waals surface area (Å²) < 4.78 is 28.4. The van der Waals surface area contributed by atoms with Gasteiger partial charge in [0.05, 0.1) is 12.8 Å². The van der Waals surface area contributed by atoms with Gasteiger partial charge in [-0.3, -0.25) is 4.79 Å². The second-order valence-corrected chi connectivity index (χ2v) is 6.03. The summed E-state index contributed by atoms with van der Waals surface area (Å²) in [6.45, 7) is 0.0881. The SMILES string of the molecule is COC(=O)c1sccc1NC(=O)c1ccc(COc2ccc(F)cc2)o1. The number of carbonyl (C=O) groups is 2. The highest BCUT2D eigenvalue weighted by Crippen LogP contribution is 2.24. The number of hydrogen-bond donors (Lipinski definition) is 1. The lowest BCUT2D eigenvalue weighted by Gasteiger charge is -2.04. The third-order valence-corrected chi connectivity index (χ3v) is 4.26. The molecule has 0 bridgehead atoms.